The monoisotopic (exact) mass is 366 g/mol. The molecular formula is C22H26N2O3. The average Bonchev–Trinajstić information content (AvgIpc) is 2.69. The molecule has 0 radical (unpaired) electrons. The third-order valence-corrected chi connectivity index (χ3v) is 5.02. The number of piperidine rings is 1. The summed E-state index contributed by atoms with van der Waals surface area (Å²) in [5, 5.41) is 12.7. The van der Waals surface area contributed by atoms with Crippen LogP contribution in [-0.2, 0) is 0 Å². The summed E-state index contributed by atoms with van der Waals surface area (Å²) < 4.78 is 0. The number of carbonyl (C=O) groups is 2. The van der Waals surface area contributed by atoms with E-state index in [-0.39, 0.29) is 17.4 Å². The summed E-state index contributed by atoms with van der Waals surface area (Å²) in [6.07, 6.45) is 3.81. The molecule has 1 fully saturated rings. The first kappa shape index (κ1) is 19.1. The first-order valence-corrected chi connectivity index (χ1v) is 9.49. The number of amides is 1. The zero-order valence-electron chi connectivity index (χ0n) is 15.7. The lowest BCUT2D eigenvalue weighted by Crippen LogP contribution is -2.37. The number of carbonyl (C=O) groups excluding carboxylic acids is 2. The van der Waals surface area contributed by atoms with Gasteiger partial charge in [-0.1, -0.05) is 24.6 Å². The Kier molecular flexibility index (Phi) is 6.24. The molecule has 5 heteroatoms. The van der Waals surface area contributed by atoms with Gasteiger partial charge >= 0.3 is 0 Å². The molecule has 1 heterocycles. The number of phenolic OH excluding ortho intramolecular Hbond substituents is 1. The van der Waals surface area contributed by atoms with Crippen LogP contribution in [0.4, 0.5) is 0 Å². The van der Waals surface area contributed by atoms with Gasteiger partial charge in [0.25, 0.3) is 5.91 Å². The Balaban J connectivity index is 1.60. The van der Waals surface area contributed by atoms with Crippen LogP contribution in [0.15, 0.2) is 42.5 Å². The van der Waals surface area contributed by atoms with Gasteiger partial charge in [0.05, 0.1) is 5.56 Å². The number of nitrogens with one attached hydrogen (secondary N) is 1. The van der Waals surface area contributed by atoms with Crippen LogP contribution in [0, 0.1) is 0 Å². The van der Waals surface area contributed by atoms with Crippen molar-refractivity contribution in [2.75, 3.05) is 26.2 Å². The maximum atomic E-state index is 12.3. The summed E-state index contributed by atoms with van der Waals surface area (Å²) in [6, 6.07) is 12.2. The Bertz CT molecular complexity index is 809. The van der Waals surface area contributed by atoms with Crippen LogP contribution in [0.1, 0.15) is 46.9 Å². The summed E-state index contributed by atoms with van der Waals surface area (Å²) in [7, 11) is 0. The molecule has 2 aromatic carbocycles. The lowest BCUT2D eigenvalue weighted by Gasteiger charge is -2.26. The van der Waals surface area contributed by atoms with E-state index in [9.17, 15) is 14.7 Å². The Morgan fingerprint density at radius 1 is 1.00 bits per heavy atom. The molecule has 3 rings (SSSR count). The number of hydrogen-bond acceptors (Lipinski definition) is 4. The Hall–Kier alpha value is -2.66. The molecule has 1 aliphatic heterocycles. The second-order valence-electron chi connectivity index (χ2n) is 7.02. The van der Waals surface area contributed by atoms with Gasteiger partial charge in [0.15, 0.2) is 5.78 Å². The van der Waals surface area contributed by atoms with Crippen molar-refractivity contribution in [3.8, 4) is 16.9 Å². The predicted molar refractivity (Wildman–Crippen MR) is 106 cm³/mol. The number of likely N-dealkylation sites (tertiary alicyclic amines) is 1. The molecule has 27 heavy (non-hydrogen) atoms. The number of nitrogens with zero attached hydrogens (tertiary/aromatic N) is 1. The lowest BCUT2D eigenvalue weighted by molar-refractivity contribution is 0.0945. The van der Waals surface area contributed by atoms with E-state index in [2.05, 4.69) is 10.2 Å². The normalized spacial score (nSPS) is 14.7. The fourth-order valence-electron chi connectivity index (χ4n) is 3.42. The van der Waals surface area contributed by atoms with Crippen molar-refractivity contribution in [3.63, 3.8) is 0 Å². The van der Waals surface area contributed by atoms with Gasteiger partial charge in [-0.05, 0) is 68.2 Å². The van der Waals surface area contributed by atoms with Gasteiger partial charge in [0.1, 0.15) is 5.75 Å². The van der Waals surface area contributed by atoms with Gasteiger partial charge in [-0.2, -0.15) is 0 Å². The molecule has 5 nitrogen and oxygen atoms in total. The van der Waals surface area contributed by atoms with Crippen molar-refractivity contribution in [2.45, 2.75) is 26.2 Å². The molecule has 0 saturated carbocycles. The SMILES string of the molecule is CC(=O)c1cc(-c2ccc(C(=O)NCCN3CCCCC3)cc2)ccc1O. The van der Waals surface area contributed by atoms with Crippen molar-refractivity contribution < 1.29 is 14.7 Å². The van der Waals surface area contributed by atoms with E-state index in [0.29, 0.717) is 17.7 Å². The minimum atomic E-state index is -0.181. The minimum absolute atomic E-state index is 0.0176. The van der Waals surface area contributed by atoms with Crippen LogP contribution in [0.25, 0.3) is 11.1 Å². The molecule has 1 aliphatic rings. The Morgan fingerprint density at radius 2 is 1.67 bits per heavy atom. The number of benzene rings is 2. The van der Waals surface area contributed by atoms with Crippen LogP contribution in [0.3, 0.4) is 0 Å². The summed E-state index contributed by atoms with van der Waals surface area (Å²) in [4.78, 5) is 26.3. The van der Waals surface area contributed by atoms with Crippen LogP contribution in [-0.4, -0.2) is 47.9 Å². The van der Waals surface area contributed by atoms with Gasteiger partial charge in [-0.25, -0.2) is 0 Å². The molecular weight excluding hydrogens is 340 g/mol. The zero-order chi connectivity index (χ0) is 19.2. The molecule has 2 N–H and O–H groups in total. The fourth-order valence-corrected chi connectivity index (χ4v) is 3.42. The molecule has 142 valence electrons. The van der Waals surface area contributed by atoms with E-state index in [4.69, 9.17) is 0 Å². The highest BCUT2D eigenvalue weighted by molar-refractivity contribution is 5.98. The molecule has 0 aliphatic carbocycles. The fraction of sp³-hybridized carbons (Fsp3) is 0.364. The Labute approximate surface area is 160 Å². The van der Waals surface area contributed by atoms with Crippen molar-refractivity contribution in [3.05, 3.63) is 53.6 Å². The van der Waals surface area contributed by atoms with Gasteiger partial charge in [-0.3, -0.25) is 9.59 Å². The number of rotatable bonds is 6. The summed E-state index contributed by atoms with van der Waals surface area (Å²) >= 11 is 0. The maximum absolute atomic E-state index is 12.3. The van der Waals surface area contributed by atoms with Crippen molar-refractivity contribution in [1.82, 2.24) is 10.2 Å². The van der Waals surface area contributed by atoms with Gasteiger partial charge in [0, 0.05) is 18.7 Å². The number of ketones is 1. The number of phenols is 1. The van der Waals surface area contributed by atoms with Gasteiger partial charge < -0.3 is 15.3 Å². The molecule has 2 aromatic rings. The molecule has 1 saturated heterocycles. The largest absolute Gasteiger partial charge is 0.507 e. The second-order valence-corrected chi connectivity index (χ2v) is 7.02. The number of aromatic hydroxyl groups is 1. The molecule has 1 amide bonds. The Morgan fingerprint density at radius 3 is 2.33 bits per heavy atom. The van der Waals surface area contributed by atoms with Gasteiger partial charge in [-0.15, -0.1) is 0 Å². The van der Waals surface area contributed by atoms with E-state index >= 15 is 0 Å². The number of Topliss-reactive ketones (excluding diaryl/α,β-unsaturated/α-hetero) is 1. The highest BCUT2D eigenvalue weighted by Crippen LogP contribution is 2.26. The highest BCUT2D eigenvalue weighted by atomic mass is 16.3. The van der Waals surface area contributed by atoms with Crippen molar-refractivity contribution in [2.24, 2.45) is 0 Å². The molecule has 0 spiro atoms. The summed E-state index contributed by atoms with van der Waals surface area (Å²) in [6.45, 7) is 5.22. The summed E-state index contributed by atoms with van der Waals surface area (Å²) in [5.74, 6) is -0.274. The van der Waals surface area contributed by atoms with E-state index in [0.717, 1.165) is 30.8 Å². The second kappa shape index (κ2) is 8.82. The van der Waals surface area contributed by atoms with E-state index in [1.54, 1.807) is 24.3 Å². The lowest BCUT2D eigenvalue weighted by atomic mass is 9.99. The van der Waals surface area contributed by atoms with Crippen LogP contribution in [0.2, 0.25) is 0 Å². The first-order valence-electron chi connectivity index (χ1n) is 9.49. The van der Waals surface area contributed by atoms with Crippen LogP contribution >= 0.6 is 0 Å². The smallest absolute Gasteiger partial charge is 0.251 e. The minimum Gasteiger partial charge on any atom is -0.507 e. The third-order valence-electron chi connectivity index (χ3n) is 5.02. The topological polar surface area (TPSA) is 69.6 Å². The summed E-state index contributed by atoms with van der Waals surface area (Å²) in [5.41, 5.74) is 2.63. The first-order chi connectivity index (χ1) is 13.0. The van der Waals surface area contributed by atoms with Crippen LogP contribution in [0.5, 0.6) is 5.75 Å². The third kappa shape index (κ3) is 4.95. The maximum Gasteiger partial charge on any atom is 0.251 e. The number of hydrogen-bond donors (Lipinski definition) is 2. The standard InChI is InChI=1S/C22H26N2O3/c1-16(25)20-15-19(9-10-21(20)26)17-5-7-18(8-6-17)22(27)23-11-14-24-12-3-2-4-13-24/h5-10,15,26H,2-4,11-14H2,1H3,(H,23,27). The van der Waals surface area contributed by atoms with Crippen molar-refractivity contribution in [1.29, 1.82) is 0 Å². The van der Waals surface area contributed by atoms with Gasteiger partial charge in [0.2, 0.25) is 0 Å². The molecule has 0 bridgehead atoms. The molecule has 0 unspecified atom stereocenters. The molecule has 0 aromatic heterocycles. The predicted octanol–water partition coefficient (Wildman–Crippen LogP) is 3.48. The zero-order valence-corrected chi connectivity index (χ0v) is 15.7. The van der Waals surface area contributed by atoms with Crippen molar-refractivity contribution >= 4 is 11.7 Å². The quantitative estimate of drug-likeness (QED) is 0.768. The molecule has 0 atom stereocenters. The average molecular weight is 366 g/mol. The van der Waals surface area contributed by atoms with E-state index in [1.165, 1.54) is 32.3 Å². The van der Waals surface area contributed by atoms with E-state index in [1.807, 2.05) is 12.1 Å². The van der Waals surface area contributed by atoms with E-state index < -0.39 is 0 Å². The van der Waals surface area contributed by atoms with Crippen LogP contribution < -0.4 is 5.32 Å². The highest BCUT2D eigenvalue weighted by Gasteiger charge is 2.12.